The zero-order valence-corrected chi connectivity index (χ0v) is 13.6. The molecule has 0 atom stereocenters. The number of anilines is 1. The Morgan fingerprint density at radius 2 is 1.95 bits per heavy atom. The molecule has 104 valence electrons. The highest BCUT2D eigenvalue weighted by molar-refractivity contribution is 9.12. The van der Waals surface area contributed by atoms with Crippen LogP contribution in [0, 0.1) is 5.82 Å². The third-order valence-electron chi connectivity index (χ3n) is 2.36. The number of nitrogens with one attached hydrogen (secondary N) is 1. The van der Waals surface area contributed by atoms with Crippen molar-refractivity contribution in [1.29, 1.82) is 0 Å². The fraction of sp³-hybridized carbons (Fsp3) is 0. The van der Waals surface area contributed by atoms with Gasteiger partial charge in [0.1, 0.15) is 5.82 Å². The molecule has 0 spiro atoms. The van der Waals surface area contributed by atoms with Crippen LogP contribution in [0.5, 0.6) is 0 Å². The van der Waals surface area contributed by atoms with Crippen molar-refractivity contribution in [2.45, 2.75) is 0 Å². The number of rotatable bonds is 3. The molecule has 4 nitrogen and oxygen atoms in total. The molecule has 0 aliphatic rings. The van der Waals surface area contributed by atoms with Gasteiger partial charge in [0.15, 0.2) is 0 Å². The summed E-state index contributed by atoms with van der Waals surface area (Å²) in [7, 11) is 0. The zero-order valence-electron chi connectivity index (χ0n) is 9.62. The van der Waals surface area contributed by atoms with Gasteiger partial charge in [-0.25, -0.2) is 9.18 Å². The number of hydrogen-bond donors (Lipinski definition) is 2. The summed E-state index contributed by atoms with van der Waals surface area (Å²) in [5.74, 6) is -2.42. The lowest BCUT2D eigenvalue weighted by Gasteiger charge is -2.06. The third-order valence-corrected chi connectivity index (χ3v) is 4.70. The number of aromatic carboxylic acids is 1. The van der Waals surface area contributed by atoms with Crippen LogP contribution in [0.15, 0.2) is 31.8 Å². The van der Waals surface area contributed by atoms with Gasteiger partial charge in [-0.05, 0) is 56.1 Å². The highest BCUT2D eigenvalue weighted by Gasteiger charge is 2.16. The first-order chi connectivity index (χ1) is 9.38. The molecule has 0 aliphatic carbocycles. The fourth-order valence-corrected chi connectivity index (χ4v) is 4.23. The summed E-state index contributed by atoms with van der Waals surface area (Å²) in [5, 5.41) is 11.2. The normalized spacial score (nSPS) is 10.3. The van der Waals surface area contributed by atoms with E-state index in [0.29, 0.717) is 9.35 Å². The van der Waals surface area contributed by atoms with E-state index in [4.69, 9.17) is 5.11 Å². The van der Waals surface area contributed by atoms with E-state index in [9.17, 15) is 14.0 Å². The molecular weight excluding hydrogens is 417 g/mol. The predicted molar refractivity (Wildman–Crippen MR) is 81.0 cm³/mol. The van der Waals surface area contributed by atoms with Crippen LogP contribution in [0.2, 0.25) is 0 Å². The van der Waals surface area contributed by atoms with Crippen LogP contribution in [-0.2, 0) is 0 Å². The van der Waals surface area contributed by atoms with Crippen LogP contribution in [-0.4, -0.2) is 17.0 Å². The first-order valence-electron chi connectivity index (χ1n) is 5.17. The number of carboxylic acid groups (broad SMARTS) is 1. The minimum atomic E-state index is -1.19. The van der Waals surface area contributed by atoms with Gasteiger partial charge in [0.25, 0.3) is 5.91 Å². The molecule has 2 N–H and O–H groups in total. The molecule has 0 bridgehead atoms. The number of hydrogen-bond acceptors (Lipinski definition) is 3. The lowest BCUT2D eigenvalue weighted by molar-refractivity contribution is 0.0696. The monoisotopic (exact) mass is 421 g/mol. The number of halogens is 3. The maximum atomic E-state index is 13.6. The van der Waals surface area contributed by atoms with Crippen LogP contribution in [0.25, 0.3) is 0 Å². The highest BCUT2D eigenvalue weighted by atomic mass is 79.9. The average Bonchev–Trinajstić information content (AvgIpc) is 2.71. The predicted octanol–water partition coefficient (Wildman–Crippen LogP) is 4.36. The number of benzene rings is 1. The standard InChI is InChI=1S/C12H6Br2FNO3S/c13-9-4-6(10(14)20-9)11(17)16-8-3-5(12(18)19)1-2-7(8)15/h1-4H,(H,16,17)(H,18,19). The molecule has 2 rings (SSSR count). The van der Waals surface area contributed by atoms with Gasteiger partial charge >= 0.3 is 5.97 Å². The van der Waals surface area contributed by atoms with Crippen molar-refractivity contribution in [3.63, 3.8) is 0 Å². The van der Waals surface area contributed by atoms with Gasteiger partial charge in [-0.3, -0.25) is 4.79 Å². The van der Waals surface area contributed by atoms with Crippen molar-refractivity contribution >= 4 is 60.8 Å². The first kappa shape index (κ1) is 15.1. The lowest BCUT2D eigenvalue weighted by Crippen LogP contribution is -2.13. The number of carbonyl (C=O) groups is 2. The average molecular weight is 423 g/mol. The second-order valence-electron chi connectivity index (χ2n) is 3.69. The van der Waals surface area contributed by atoms with Crippen LogP contribution in [0.3, 0.4) is 0 Å². The molecule has 8 heteroatoms. The molecule has 2 aromatic rings. The van der Waals surface area contributed by atoms with Crippen molar-refractivity contribution in [2.75, 3.05) is 5.32 Å². The summed E-state index contributed by atoms with van der Waals surface area (Å²) in [6.45, 7) is 0. The summed E-state index contributed by atoms with van der Waals surface area (Å²) >= 11 is 7.77. The van der Waals surface area contributed by atoms with Gasteiger partial charge in [-0.15, -0.1) is 11.3 Å². The number of thiophene rings is 1. The van der Waals surface area contributed by atoms with Gasteiger partial charge in [0.05, 0.1) is 24.4 Å². The molecule has 0 fully saturated rings. The Morgan fingerprint density at radius 1 is 1.25 bits per heavy atom. The molecule has 0 aliphatic heterocycles. The Kier molecular flexibility index (Phi) is 4.56. The SMILES string of the molecule is O=C(O)c1ccc(F)c(NC(=O)c2cc(Br)sc2Br)c1. The molecule has 1 aromatic carbocycles. The minimum Gasteiger partial charge on any atom is -0.478 e. The Hall–Kier alpha value is -1.25. The molecule has 0 saturated carbocycles. The minimum absolute atomic E-state index is 0.104. The van der Waals surface area contributed by atoms with E-state index in [2.05, 4.69) is 37.2 Å². The van der Waals surface area contributed by atoms with Gasteiger partial charge in [-0.2, -0.15) is 0 Å². The molecular formula is C12H6Br2FNO3S. The van der Waals surface area contributed by atoms with Crippen molar-refractivity contribution in [3.8, 4) is 0 Å². The molecule has 0 radical (unpaired) electrons. The van der Waals surface area contributed by atoms with Crippen LogP contribution in [0.4, 0.5) is 10.1 Å². The van der Waals surface area contributed by atoms with E-state index < -0.39 is 17.7 Å². The van der Waals surface area contributed by atoms with Crippen molar-refractivity contribution in [1.82, 2.24) is 0 Å². The molecule has 20 heavy (non-hydrogen) atoms. The van der Waals surface area contributed by atoms with Crippen molar-refractivity contribution in [3.05, 3.63) is 48.8 Å². The smallest absolute Gasteiger partial charge is 0.335 e. The summed E-state index contributed by atoms with van der Waals surface area (Å²) < 4.78 is 14.9. The summed E-state index contributed by atoms with van der Waals surface area (Å²) in [5.41, 5.74) is 0.0541. The second-order valence-corrected chi connectivity index (χ2v) is 7.44. The van der Waals surface area contributed by atoms with E-state index in [1.165, 1.54) is 11.3 Å². The second kappa shape index (κ2) is 6.02. The Morgan fingerprint density at radius 3 is 2.50 bits per heavy atom. The Balaban J connectivity index is 2.30. The largest absolute Gasteiger partial charge is 0.478 e. The van der Waals surface area contributed by atoms with Crippen LogP contribution >= 0.6 is 43.2 Å². The van der Waals surface area contributed by atoms with Gasteiger partial charge in [0, 0.05) is 0 Å². The topological polar surface area (TPSA) is 66.4 Å². The summed E-state index contributed by atoms with van der Waals surface area (Å²) in [6.07, 6.45) is 0. The third kappa shape index (κ3) is 3.25. The van der Waals surface area contributed by atoms with Gasteiger partial charge in [0.2, 0.25) is 0 Å². The quantitative estimate of drug-likeness (QED) is 0.772. The number of carboxylic acids is 1. The molecule has 1 aromatic heterocycles. The molecule has 0 unspecified atom stereocenters. The maximum absolute atomic E-state index is 13.6. The van der Waals surface area contributed by atoms with E-state index in [0.717, 1.165) is 22.0 Å². The van der Waals surface area contributed by atoms with Gasteiger partial charge in [-0.1, -0.05) is 0 Å². The van der Waals surface area contributed by atoms with E-state index in [1.54, 1.807) is 6.07 Å². The number of carbonyl (C=O) groups excluding carboxylic acids is 1. The van der Waals surface area contributed by atoms with Gasteiger partial charge < -0.3 is 10.4 Å². The van der Waals surface area contributed by atoms with E-state index in [1.807, 2.05) is 0 Å². The molecule has 0 saturated heterocycles. The summed E-state index contributed by atoms with van der Waals surface area (Å²) in [6, 6.07) is 4.79. The Bertz CT molecular complexity index is 702. The Labute approximate surface area is 133 Å². The van der Waals surface area contributed by atoms with Crippen molar-refractivity contribution in [2.24, 2.45) is 0 Å². The first-order valence-corrected chi connectivity index (χ1v) is 7.57. The van der Waals surface area contributed by atoms with Crippen molar-refractivity contribution < 1.29 is 19.1 Å². The number of amides is 1. The molecule has 1 amide bonds. The van der Waals surface area contributed by atoms with Crippen LogP contribution < -0.4 is 5.32 Å². The highest BCUT2D eigenvalue weighted by Crippen LogP contribution is 2.32. The lowest BCUT2D eigenvalue weighted by atomic mass is 10.2. The zero-order chi connectivity index (χ0) is 14.9. The molecule has 1 heterocycles. The van der Waals surface area contributed by atoms with Crippen LogP contribution in [0.1, 0.15) is 20.7 Å². The fourth-order valence-electron chi connectivity index (χ4n) is 1.44. The van der Waals surface area contributed by atoms with E-state index in [-0.39, 0.29) is 11.3 Å². The summed E-state index contributed by atoms with van der Waals surface area (Å²) in [4.78, 5) is 22.8. The van der Waals surface area contributed by atoms with E-state index >= 15 is 0 Å². The maximum Gasteiger partial charge on any atom is 0.335 e.